The van der Waals surface area contributed by atoms with Crippen molar-refractivity contribution in [3.8, 4) is 0 Å². The van der Waals surface area contributed by atoms with E-state index in [1.807, 2.05) is 29.1 Å². The van der Waals surface area contributed by atoms with E-state index in [0.717, 1.165) is 18.5 Å². The molecule has 1 unspecified atom stereocenters. The van der Waals surface area contributed by atoms with E-state index in [4.69, 9.17) is 4.74 Å². The molecule has 2 rings (SSSR count). The van der Waals surface area contributed by atoms with Gasteiger partial charge in [-0.3, -0.25) is 0 Å². The SMILES string of the molecule is CCCC(OCc1ccccc1)n1cc(C(C)(C)C)nn1. The first kappa shape index (κ1) is 15.7. The van der Waals surface area contributed by atoms with Crippen molar-refractivity contribution in [2.45, 2.75) is 58.8 Å². The molecule has 0 radical (unpaired) electrons. The lowest BCUT2D eigenvalue weighted by Gasteiger charge is -2.18. The first-order chi connectivity index (χ1) is 10.0. The summed E-state index contributed by atoms with van der Waals surface area (Å²) in [4.78, 5) is 0. The number of nitrogens with zero attached hydrogens (tertiary/aromatic N) is 3. The van der Waals surface area contributed by atoms with E-state index in [-0.39, 0.29) is 11.6 Å². The predicted molar refractivity (Wildman–Crippen MR) is 83.9 cm³/mol. The van der Waals surface area contributed by atoms with Crippen molar-refractivity contribution < 1.29 is 4.74 Å². The van der Waals surface area contributed by atoms with Crippen LogP contribution >= 0.6 is 0 Å². The zero-order valence-electron chi connectivity index (χ0n) is 13.4. The van der Waals surface area contributed by atoms with Gasteiger partial charge in [0.05, 0.1) is 18.5 Å². The third-order valence-corrected chi connectivity index (χ3v) is 3.39. The number of hydrogen-bond donors (Lipinski definition) is 0. The van der Waals surface area contributed by atoms with Crippen molar-refractivity contribution >= 4 is 0 Å². The van der Waals surface area contributed by atoms with Crippen LogP contribution in [-0.4, -0.2) is 15.0 Å². The number of aromatic nitrogens is 3. The highest BCUT2D eigenvalue weighted by Gasteiger charge is 2.20. The molecule has 0 bridgehead atoms. The van der Waals surface area contributed by atoms with Gasteiger partial charge in [0.1, 0.15) is 0 Å². The van der Waals surface area contributed by atoms with Crippen LogP contribution in [0.5, 0.6) is 0 Å². The van der Waals surface area contributed by atoms with Crippen LogP contribution in [0, 0.1) is 0 Å². The van der Waals surface area contributed by atoms with Crippen molar-refractivity contribution in [1.29, 1.82) is 0 Å². The van der Waals surface area contributed by atoms with Gasteiger partial charge in [-0.15, -0.1) is 5.10 Å². The van der Waals surface area contributed by atoms with Crippen molar-refractivity contribution in [1.82, 2.24) is 15.0 Å². The second kappa shape index (κ2) is 6.85. The van der Waals surface area contributed by atoms with Gasteiger partial charge in [0.25, 0.3) is 0 Å². The minimum absolute atomic E-state index is 0.00838. The van der Waals surface area contributed by atoms with E-state index in [9.17, 15) is 0 Å². The van der Waals surface area contributed by atoms with E-state index < -0.39 is 0 Å². The molecule has 21 heavy (non-hydrogen) atoms. The minimum Gasteiger partial charge on any atom is -0.352 e. The smallest absolute Gasteiger partial charge is 0.152 e. The van der Waals surface area contributed by atoms with Gasteiger partial charge in [-0.05, 0) is 12.0 Å². The molecule has 0 aliphatic heterocycles. The summed E-state index contributed by atoms with van der Waals surface area (Å²) in [6, 6.07) is 10.2. The van der Waals surface area contributed by atoms with Gasteiger partial charge in [0, 0.05) is 5.41 Å². The molecule has 1 heterocycles. The summed E-state index contributed by atoms with van der Waals surface area (Å²) in [5.74, 6) is 0. The van der Waals surface area contributed by atoms with Crippen LogP contribution in [0.2, 0.25) is 0 Å². The Labute approximate surface area is 127 Å². The predicted octanol–water partition coefficient (Wildman–Crippen LogP) is 4.09. The van der Waals surface area contributed by atoms with Crippen LogP contribution in [0.1, 0.15) is 58.0 Å². The Bertz CT molecular complexity index is 543. The summed E-state index contributed by atoms with van der Waals surface area (Å²) in [5.41, 5.74) is 2.18. The number of ether oxygens (including phenoxy) is 1. The average Bonchev–Trinajstić information content (AvgIpc) is 2.94. The third kappa shape index (κ3) is 4.39. The summed E-state index contributed by atoms with van der Waals surface area (Å²) in [6.07, 6.45) is 3.92. The van der Waals surface area contributed by atoms with Crippen molar-refractivity contribution in [3.63, 3.8) is 0 Å². The molecular weight excluding hydrogens is 262 g/mol. The number of hydrogen-bond acceptors (Lipinski definition) is 3. The Kier molecular flexibility index (Phi) is 5.12. The molecular formula is C17H25N3O. The zero-order chi connectivity index (χ0) is 15.3. The van der Waals surface area contributed by atoms with Gasteiger partial charge in [-0.1, -0.05) is 69.7 Å². The van der Waals surface area contributed by atoms with E-state index in [2.05, 4.69) is 50.1 Å². The maximum absolute atomic E-state index is 6.04. The van der Waals surface area contributed by atoms with Crippen molar-refractivity contribution in [3.05, 3.63) is 47.8 Å². The second-order valence-corrected chi connectivity index (χ2v) is 6.37. The minimum atomic E-state index is -0.0567. The zero-order valence-corrected chi connectivity index (χ0v) is 13.4. The fourth-order valence-electron chi connectivity index (χ4n) is 2.07. The Morgan fingerprint density at radius 1 is 1.19 bits per heavy atom. The standard InChI is InChI=1S/C17H25N3O/c1-5-9-16(21-13-14-10-7-6-8-11-14)20-12-15(18-19-20)17(2,3)4/h6-8,10-12,16H,5,9,13H2,1-4H3. The number of benzene rings is 1. The molecule has 0 aliphatic rings. The molecule has 0 aliphatic carbocycles. The fourth-order valence-corrected chi connectivity index (χ4v) is 2.07. The molecule has 4 heteroatoms. The Balaban J connectivity index is 2.06. The van der Waals surface area contributed by atoms with E-state index >= 15 is 0 Å². The molecule has 2 aromatic rings. The Morgan fingerprint density at radius 3 is 2.48 bits per heavy atom. The summed E-state index contributed by atoms with van der Waals surface area (Å²) in [6.45, 7) is 9.17. The maximum Gasteiger partial charge on any atom is 0.152 e. The first-order valence-electron chi connectivity index (χ1n) is 7.58. The molecule has 4 nitrogen and oxygen atoms in total. The summed E-state index contributed by atoms with van der Waals surface area (Å²) in [7, 11) is 0. The van der Waals surface area contributed by atoms with Gasteiger partial charge in [0.15, 0.2) is 6.23 Å². The molecule has 0 amide bonds. The largest absolute Gasteiger partial charge is 0.352 e. The van der Waals surface area contributed by atoms with Crippen LogP contribution in [-0.2, 0) is 16.8 Å². The van der Waals surface area contributed by atoms with Gasteiger partial charge < -0.3 is 4.74 Å². The van der Waals surface area contributed by atoms with Gasteiger partial charge in [0.2, 0.25) is 0 Å². The molecule has 0 saturated carbocycles. The normalized spacial score (nSPS) is 13.3. The molecule has 0 N–H and O–H groups in total. The highest BCUT2D eigenvalue weighted by atomic mass is 16.5. The van der Waals surface area contributed by atoms with Crippen molar-refractivity contribution in [2.24, 2.45) is 0 Å². The molecule has 0 fully saturated rings. The lowest BCUT2D eigenvalue weighted by Crippen LogP contribution is -2.14. The summed E-state index contributed by atoms with van der Waals surface area (Å²) in [5, 5.41) is 8.53. The molecule has 1 aromatic carbocycles. The van der Waals surface area contributed by atoms with E-state index in [0.29, 0.717) is 6.61 Å². The van der Waals surface area contributed by atoms with Gasteiger partial charge >= 0.3 is 0 Å². The lowest BCUT2D eigenvalue weighted by molar-refractivity contribution is -0.0248. The molecule has 0 spiro atoms. The highest BCUT2D eigenvalue weighted by molar-refractivity contribution is 5.13. The van der Waals surface area contributed by atoms with Crippen molar-refractivity contribution in [2.75, 3.05) is 0 Å². The molecule has 1 atom stereocenters. The van der Waals surface area contributed by atoms with Crippen LogP contribution in [0.25, 0.3) is 0 Å². The third-order valence-electron chi connectivity index (χ3n) is 3.39. The molecule has 114 valence electrons. The second-order valence-electron chi connectivity index (χ2n) is 6.37. The lowest BCUT2D eigenvalue weighted by atomic mass is 9.93. The fraction of sp³-hybridized carbons (Fsp3) is 0.529. The Hall–Kier alpha value is -1.68. The van der Waals surface area contributed by atoms with Crippen LogP contribution in [0.15, 0.2) is 36.5 Å². The van der Waals surface area contributed by atoms with Crippen LogP contribution in [0.3, 0.4) is 0 Å². The van der Waals surface area contributed by atoms with Gasteiger partial charge in [-0.25, -0.2) is 4.68 Å². The van der Waals surface area contributed by atoms with E-state index in [1.165, 1.54) is 5.56 Å². The highest BCUT2D eigenvalue weighted by Crippen LogP contribution is 2.22. The Morgan fingerprint density at radius 2 is 1.90 bits per heavy atom. The quantitative estimate of drug-likeness (QED) is 0.803. The first-order valence-corrected chi connectivity index (χ1v) is 7.58. The van der Waals surface area contributed by atoms with Gasteiger partial charge in [-0.2, -0.15) is 0 Å². The molecule has 1 aromatic heterocycles. The maximum atomic E-state index is 6.04. The van der Waals surface area contributed by atoms with Crippen LogP contribution in [0.4, 0.5) is 0 Å². The monoisotopic (exact) mass is 287 g/mol. The summed E-state index contributed by atoms with van der Waals surface area (Å²) < 4.78 is 7.90. The topological polar surface area (TPSA) is 39.9 Å². The van der Waals surface area contributed by atoms with E-state index in [1.54, 1.807) is 0 Å². The number of rotatable bonds is 6. The summed E-state index contributed by atoms with van der Waals surface area (Å²) >= 11 is 0. The molecule has 0 saturated heterocycles. The van der Waals surface area contributed by atoms with Crippen LogP contribution < -0.4 is 0 Å². The average molecular weight is 287 g/mol.